The molecule has 0 amide bonds. The van der Waals surface area contributed by atoms with Gasteiger partial charge in [-0.15, -0.1) is 0 Å². The van der Waals surface area contributed by atoms with Crippen LogP contribution in [0.15, 0.2) is 0 Å². The zero-order valence-corrected chi connectivity index (χ0v) is 16.3. The predicted molar refractivity (Wildman–Crippen MR) is 96.1 cm³/mol. The van der Waals surface area contributed by atoms with E-state index in [0.29, 0.717) is 0 Å². The number of rotatable bonds is 16. The minimum Gasteiger partial charge on any atom is -0.379 e. The van der Waals surface area contributed by atoms with Crippen molar-refractivity contribution in [3.63, 3.8) is 0 Å². The van der Waals surface area contributed by atoms with Gasteiger partial charge < -0.3 is 18.9 Å². The van der Waals surface area contributed by atoms with E-state index in [4.69, 9.17) is 18.9 Å². The molecule has 0 aliphatic rings. The minimum absolute atomic E-state index is 0.00244. The van der Waals surface area contributed by atoms with Gasteiger partial charge in [0.2, 0.25) is 0 Å². The van der Waals surface area contributed by atoms with Gasteiger partial charge in [0.1, 0.15) is 12.2 Å². The topological polar surface area (TPSA) is 36.9 Å². The monoisotopic (exact) mass is 332 g/mol. The molecular weight excluding hydrogens is 292 g/mol. The van der Waals surface area contributed by atoms with Gasteiger partial charge in [-0.2, -0.15) is 0 Å². The molecule has 0 saturated heterocycles. The standard InChI is InChI=1S/C19H40O4/c1-7-10-13-21-17(5)19(23-15-12-9-3)18(16(4)20-6)22-14-11-8-2/h16-19H,7-15H2,1-6H3. The Morgan fingerprint density at radius 2 is 1.00 bits per heavy atom. The van der Waals surface area contributed by atoms with Gasteiger partial charge in [-0.25, -0.2) is 0 Å². The SMILES string of the molecule is CCCCOC(C)C(OCCCC)C(OCCCC)C(C)OC. The van der Waals surface area contributed by atoms with Gasteiger partial charge in [0.25, 0.3) is 0 Å². The van der Waals surface area contributed by atoms with E-state index in [9.17, 15) is 0 Å². The van der Waals surface area contributed by atoms with Gasteiger partial charge in [-0.1, -0.05) is 40.0 Å². The Labute approximate surface area is 144 Å². The minimum atomic E-state index is -0.0972. The van der Waals surface area contributed by atoms with Crippen molar-refractivity contribution in [2.45, 2.75) is 97.6 Å². The largest absolute Gasteiger partial charge is 0.379 e. The van der Waals surface area contributed by atoms with Crippen LogP contribution in [0.3, 0.4) is 0 Å². The lowest BCUT2D eigenvalue weighted by molar-refractivity contribution is -0.167. The van der Waals surface area contributed by atoms with Crippen LogP contribution in [0.25, 0.3) is 0 Å². The van der Waals surface area contributed by atoms with Crippen LogP contribution in [-0.2, 0) is 18.9 Å². The first-order valence-electron chi connectivity index (χ1n) is 9.49. The van der Waals surface area contributed by atoms with Crippen molar-refractivity contribution in [2.75, 3.05) is 26.9 Å². The average Bonchev–Trinajstić information content (AvgIpc) is 2.56. The number of hydrogen-bond donors (Lipinski definition) is 0. The lowest BCUT2D eigenvalue weighted by atomic mass is 10.0. The van der Waals surface area contributed by atoms with E-state index in [0.717, 1.165) is 58.3 Å². The fraction of sp³-hybridized carbons (Fsp3) is 1.00. The van der Waals surface area contributed by atoms with Gasteiger partial charge in [-0.05, 0) is 33.1 Å². The fourth-order valence-corrected chi connectivity index (χ4v) is 2.36. The van der Waals surface area contributed by atoms with Crippen LogP contribution in [0.2, 0.25) is 0 Å². The maximum atomic E-state index is 6.16. The first kappa shape index (κ1) is 22.8. The van der Waals surface area contributed by atoms with E-state index >= 15 is 0 Å². The molecule has 4 unspecified atom stereocenters. The maximum Gasteiger partial charge on any atom is 0.112 e. The van der Waals surface area contributed by atoms with Gasteiger partial charge in [0, 0.05) is 26.9 Å². The molecule has 0 N–H and O–H groups in total. The van der Waals surface area contributed by atoms with Gasteiger partial charge >= 0.3 is 0 Å². The Morgan fingerprint density at radius 3 is 1.39 bits per heavy atom. The van der Waals surface area contributed by atoms with Crippen molar-refractivity contribution in [3.8, 4) is 0 Å². The van der Waals surface area contributed by atoms with E-state index in [1.807, 2.05) is 6.92 Å². The van der Waals surface area contributed by atoms with Crippen molar-refractivity contribution in [1.29, 1.82) is 0 Å². The highest BCUT2D eigenvalue weighted by Gasteiger charge is 2.33. The maximum absolute atomic E-state index is 6.16. The van der Waals surface area contributed by atoms with E-state index < -0.39 is 0 Å². The highest BCUT2D eigenvalue weighted by Crippen LogP contribution is 2.19. The van der Waals surface area contributed by atoms with Crippen LogP contribution in [0.4, 0.5) is 0 Å². The van der Waals surface area contributed by atoms with Crippen molar-refractivity contribution in [1.82, 2.24) is 0 Å². The highest BCUT2D eigenvalue weighted by molar-refractivity contribution is 4.82. The number of hydrogen-bond acceptors (Lipinski definition) is 4. The van der Waals surface area contributed by atoms with Gasteiger partial charge in [-0.3, -0.25) is 0 Å². The van der Waals surface area contributed by atoms with Gasteiger partial charge in [0.15, 0.2) is 0 Å². The molecule has 4 heteroatoms. The van der Waals surface area contributed by atoms with Crippen LogP contribution >= 0.6 is 0 Å². The van der Waals surface area contributed by atoms with Crippen LogP contribution in [0.5, 0.6) is 0 Å². The Balaban J connectivity index is 4.80. The van der Waals surface area contributed by atoms with E-state index in [2.05, 4.69) is 27.7 Å². The molecular formula is C19H40O4. The fourth-order valence-electron chi connectivity index (χ4n) is 2.36. The first-order valence-corrected chi connectivity index (χ1v) is 9.49. The second-order valence-electron chi connectivity index (χ2n) is 6.25. The molecule has 0 aliphatic heterocycles. The summed E-state index contributed by atoms with van der Waals surface area (Å²) < 4.78 is 23.8. The lowest BCUT2D eigenvalue weighted by Gasteiger charge is -2.34. The van der Waals surface area contributed by atoms with Crippen molar-refractivity contribution in [3.05, 3.63) is 0 Å². The summed E-state index contributed by atoms with van der Waals surface area (Å²) in [5.74, 6) is 0. The van der Waals surface area contributed by atoms with Gasteiger partial charge in [0.05, 0.1) is 12.2 Å². The molecule has 0 saturated carbocycles. The summed E-state index contributed by atoms with van der Waals surface area (Å²) in [6, 6.07) is 0. The third-order valence-electron chi connectivity index (χ3n) is 4.12. The van der Waals surface area contributed by atoms with E-state index in [1.54, 1.807) is 7.11 Å². The molecule has 4 atom stereocenters. The molecule has 23 heavy (non-hydrogen) atoms. The lowest BCUT2D eigenvalue weighted by Crippen LogP contribution is -2.47. The molecule has 0 radical (unpaired) electrons. The molecule has 0 aromatic heterocycles. The number of unbranched alkanes of at least 4 members (excludes halogenated alkanes) is 3. The molecule has 0 rings (SSSR count). The average molecular weight is 333 g/mol. The Kier molecular flexibility index (Phi) is 15.3. The van der Waals surface area contributed by atoms with Crippen molar-refractivity contribution >= 4 is 0 Å². The molecule has 0 aromatic carbocycles. The summed E-state index contributed by atoms with van der Waals surface area (Å²) in [4.78, 5) is 0. The predicted octanol–water partition coefficient (Wildman–Crippen LogP) is 4.60. The number of ether oxygens (including phenoxy) is 4. The Hall–Kier alpha value is -0.160. The molecule has 0 aliphatic carbocycles. The van der Waals surface area contributed by atoms with Crippen LogP contribution < -0.4 is 0 Å². The molecule has 0 aromatic rings. The Bertz CT molecular complexity index is 248. The Morgan fingerprint density at radius 1 is 0.609 bits per heavy atom. The van der Waals surface area contributed by atoms with Crippen LogP contribution in [-0.4, -0.2) is 51.3 Å². The molecule has 0 fully saturated rings. The smallest absolute Gasteiger partial charge is 0.112 e. The second kappa shape index (κ2) is 15.4. The first-order chi connectivity index (χ1) is 11.1. The molecule has 0 spiro atoms. The quantitative estimate of drug-likeness (QED) is 0.387. The normalized spacial score (nSPS) is 17.0. The molecule has 0 heterocycles. The van der Waals surface area contributed by atoms with Crippen molar-refractivity contribution < 1.29 is 18.9 Å². The van der Waals surface area contributed by atoms with E-state index in [1.165, 1.54) is 0 Å². The van der Waals surface area contributed by atoms with Crippen LogP contribution in [0, 0.1) is 0 Å². The molecule has 140 valence electrons. The van der Waals surface area contributed by atoms with Crippen LogP contribution in [0.1, 0.15) is 73.1 Å². The molecule has 4 nitrogen and oxygen atoms in total. The summed E-state index contributed by atoms with van der Waals surface area (Å²) in [5, 5.41) is 0. The summed E-state index contributed by atoms with van der Waals surface area (Å²) in [6.07, 6.45) is 6.37. The summed E-state index contributed by atoms with van der Waals surface area (Å²) in [7, 11) is 1.73. The zero-order valence-electron chi connectivity index (χ0n) is 16.3. The third kappa shape index (κ3) is 10.3. The zero-order chi connectivity index (χ0) is 17.5. The number of methoxy groups -OCH3 is 1. The van der Waals surface area contributed by atoms with Crippen molar-refractivity contribution in [2.24, 2.45) is 0 Å². The molecule has 0 bridgehead atoms. The summed E-state index contributed by atoms with van der Waals surface area (Å²) >= 11 is 0. The highest BCUT2D eigenvalue weighted by atomic mass is 16.6. The van der Waals surface area contributed by atoms with E-state index in [-0.39, 0.29) is 24.4 Å². The summed E-state index contributed by atoms with van der Waals surface area (Å²) in [6.45, 7) is 12.9. The summed E-state index contributed by atoms with van der Waals surface area (Å²) in [5.41, 5.74) is 0. The second-order valence-corrected chi connectivity index (χ2v) is 6.25. The third-order valence-corrected chi connectivity index (χ3v) is 4.12.